The lowest BCUT2D eigenvalue weighted by Crippen LogP contribution is -2.20. The number of benzene rings is 2. The van der Waals surface area contributed by atoms with Crippen LogP contribution in [0.1, 0.15) is 30.4 Å². The average molecular weight is 338 g/mol. The maximum absolute atomic E-state index is 12.6. The zero-order chi connectivity index (χ0) is 18.0. The summed E-state index contributed by atoms with van der Waals surface area (Å²) >= 11 is 0. The summed E-state index contributed by atoms with van der Waals surface area (Å²) < 4.78 is 10.7. The molecule has 2 aromatic rings. The van der Waals surface area contributed by atoms with Gasteiger partial charge in [-0.05, 0) is 37.1 Å². The van der Waals surface area contributed by atoms with Crippen LogP contribution >= 0.6 is 0 Å². The zero-order valence-corrected chi connectivity index (χ0v) is 14.9. The molecule has 3 rings (SSSR count). The number of nitrogens with zero attached hydrogens (tertiary/aromatic N) is 1. The Hall–Kier alpha value is -2.82. The molecule has 0 spiro atoms. The maximum atomic E-state index is 12.6. The largest absolute Gasteiger partial charge is 0.493 e. The summed E-state index contributed by atoms with van der Waals surface area (Å²) in [6.07, 6.45) is 0.680. The molecule has 25 heavy (non-hydrogen) atoms. The third kappa shape index (κ3) is 3.22. The summed E-state index contributed by atoms with van der Waals surface area (Å²) in [5.41, 5.74) is 4.47. The van der Waals surface area contributed by atoms with Gasteiger partial charge in [0.2, 0.25) is 5.91 Å². The second-order valence-electron chi connectivity index (χ2n) is 6.01. The fourth-order valence-corrected chi connectivity index (χ4v) is 3.05. The molecule has 1 unspecified atom stereocenters. The van der Waals surface area contributed by atoms with Crippen molar-refractivity contribution in [2.24, 2.45) is 4.99 Å². The molecule has 0 aromatic heterocycles. The Kier molecular flexibility index (Phi) is 4.74. The van der Waals surface area contributed by atoms with Crippen LogP contribution in [-0.2, 0) is 4.79 Å². The van der Waals surface area contributed by atoms with Crippen molar-refractivity contribution in [3.05, 3.63) is 47.5 Å². The highest BCUT2D eigenvalue weighted by Gasteiger charge is 2.35. The molecule has 1 aliphatic rings. The van der Waals surface area contributed by atoms with E-state index in [1.54, 1.807) is 20.3 Å². The van der Waals surface area contributed by atoms with E-state index in [-0.39, 0.29) is 5.91 Å². The van der Waals surface area contributed by atoms with Crippen molar-refractivity contribution in [3.63, 3.8) is 0 Å². The number of aryl methyl sites for hydroxylation is 1. The van der Waals surface area contributed by atoms with Gasteiger partial charge in [-0.25, -0.2) is 0 Å². The molecule has 2 aromatic carbocycles. The van der Waals surface area contributed by atoms with Crippen LogP contribution < -0.4 is 14.8 Å². The minimum atomic E-state index is -0.416. The lowest BCUT2D eigenvalue weighted by atomic mass is 9.93. The van der Waals surface area contributed by atoms with Gasteiger partial charge < -0.3 is 14.8 Å². The molecule has 1 aliphatic heterocycles. The van der Waals surface area contributed by atoms with Gasteiger partial charge in [-0.15, -0.1) is 0 Å². The van der Waals surface area contributed by atoms with Crippen molar-refractivity contribution in [1.29, 1.82) is 0 Å². The molecule has 1 amide bonds. The third-order valence-electron chi connectivity index (χ3n) is 4.39. The van der Waals surface area contributed by atoms with Crippen molar-refractivity contribution in [3.8, 4) is 11.5 Å². The molecule has 0 fully saturated rings. The normalized spacial score (nSPS) is 16.4. The lowest BCUT2D eigenvalue weighted by molar-refractivity contribution is -0.115. The molecule has 0 radical (unpaired) electrons. The molecule has 1 heterocycles. The van der Waals surface area contributed by atoms with E-state index in [4.69, 9.17) is 14.5 Å². The van der Waals surface area contributed by atoms with Crippen molar-refractivity contribution >= 4 is 23.0 Å². The summed E-state index contributed by atoms with van der Waals surface area (Å²) in [5, 5.41) is 2.93. The van der Waals surface area contributed by atoms with Crippen LogP contribution in [0.15, 0.2) is 41.4 Å². The maximum Gasteiger partial charge on any atom is 0.237 e. The Balaban J connectivity index is 2.05. The second-order valence-corrected chi connectivity index (χ2v) is 6.01. The number of carbonyl (C=O) groups is 1. The van der Waals surface area contributed by atoms with Crippen LogP contribution in [0.3, 0.4) is 0 Å². The van der Waals surface area contributed by atoms with Gasteiger partial charge in [-0.3, -0.25) is 9.79 Å². The Morgan fingerprint density at radius 3 is 2.36 bits per heavy atom. The van der Waals surface area contributed by atoms with E-state index < -0.39 is 5.92 Å². The van der Waals surface area contributed by atoms with Gasteiger partial charge in [0, 0.05) is 17.5 Å². The number of carbonyl (C=O) groups excluding carboxylic acids is 1. The number of rotatable bonds is 5. The first-order valence-electron chi connectivity index (χ1n) is 8.28. The van der Waals surface area contributed by atoms with Gasteiger partial charge in [0.05, 0.1) is 19.9 Å². The van der Waals surface area contributed by atoms with E-state index in [0.717, 1.165) is 22.6 Å². The second kappa shape index (κ2) is 6.97. The number of anilines is 1. The predicted molar refractivity (Wildman–Crippen MR) is 99.5 cm³/mol. The van der Waals surface area contributed by atoms with Crippen LogP contribution in [-0.4, -0.2) is 25.8 Å². The molecule has 0 aliphatic carbocycles. The van der Waals surface area contributed by atoms with E-state index in [9.17, 15) is 4.79 Å². The van der Waals surface area contributed by atoms with Crippen molar-refractivity contribution in [2.45, 2.75) is 26.2 Å². The highest BCUT2D eigenvalue weighted by atomic mass is 16.5. The summed E-state index contributed by atoms with van der Waals surface area (Å²) in [5.74, 6) is 0.711. The van der Waals surface area contributed by atoms with E-state index in [1.165, 1.54) is 5.56 Å². The fourth-order valence-electron chi connectivity index (χ4n) is 3.05. The number of fused-ring (bicyclic) bond motifs is 1. The standard InChI is InChI=1S/C20H22N2O3/c1-5-15(21-13-8-6-12(2)7-9-13)19-14-10-17(24-3)18(25-4)11-16(14)22-20(19)23/h6-11,19H,5H2,1-4H3,(H,22,23). The first-order chi connectivity index (χ1) is 12.1. The summed E-state index contributed by atoms with van der Waals surface area (Å²) in [7, 11) is 3.17. The minimum Gasteiger partial charge on any atom is -0.493 e. The van der Waals surface area contributed by atoms with E-state index in [2.05, 4.69) is 5.32 Å². The number of hydrogen-bond acceptors (Lipinski definition) is 4. The number of amides is 1. The van der Waals surface area contributed by atoms with Crippen LogP contribution in [0, 0.1) is 6.92 Å². The summed E-state index contributed by atoms with van der Waals surface area (Å²) in [4.78, 5) is 17.3. The average Bonchev–Trinajstić information content (AvgIpc) is 2.94. The van der Waals surface area contributed by atoms with Gasteiger partial charge in [0.15, 0.2) is 11.5 Å². The van der Waals surface area contributed by atoms with Crippen LogP contribution in [0.25, 0.3) is 0 Å². The molecule has 1 N–H and O–H groups in total. The van der Waals surface area contributed by atoms with Gasteiger partial charge in [-0.1, -0.05) is 24.6 Å². The molecule has 0 saturated carbocycles. The third-order valence-corrected chi connectivity index (χ3v) is 4.39. The quantitative estimate of drug-likeness (QED) is 0.830. The van der Waals surface area contributed by atoms with Crippen LogP contribution in [0.2, 0.25) is 0 Å². The van der Waals surface area contributed by atoms with Gasteiger partial charge in [0.25, 0.3) is 0 Å². The zero-order valence-electron chi connectivity index (χ0n) is 14.9. The summed E-state index contributed by atoms with van der Waals surface area (Å²) in [6, 6.07) is 11.6. The Morgan fingerprint density at radius 2 is 1.76 bits per heavy atom. The fraction of sp³-hybridized carbons (Fsp3) is 0.300. The number of ether oxygens (including phenoxy) is 2. The molecule has 5 heteroatoms. The molecule has 5 nitrogen and oxygen atoms in total. The van der Waals surface area contributed by atoms with E-state index >= 15 is 0 Å². The highest BCUT2D eigenvalue weighted by molar-refractivity contribution is 6.19. The van der Waals surface area contributed by atoms with Gasteiger partial charge in [-0.2, -0.15) is 0 Å². The van der Waals surface area contributed by atoms with Crippen LogP contribution in [0.4, 0.5) is 11.4 Å². The number of hydrogen-bond donors (Lipinski definition) is 1. The molecule has 1 atom stereocenters. The Labute approximate surface area is 147 Å². The smallest absolute Gasteiger partial charge is 0.237 e. The number of aliphatic imine (C=N–C) groups is 1. The van der Waals surface area contributed by atoms with Crippen LogP contribution in [0.5, 0.6) is 11.5 Å². The van der Waals surface area contributed by atoms with Crippen molar-refractivity contribution in [1.82, 2.24) is 0 Å². The van der Waals surface area contributed by atoms with Crippen molar-refractivity contribution < 1.29 is 14.3 Å². The monoisotopic (exact) mass is 338 g/mol. The van der Waals surface area contributed by atoms with Gasteiger partial charge >= 0.3 is 0 Å². The minimum absolute atomic E-state index is 0.0713. The summed E-state index contributed by atoms with van der Waals surface area (Å²) in [6.45, 7) is 4.05. The Bertz CT molecular complexity index is 826. The number of methoxy groups -OCH3 is 2. The molecule has 0 saturated heterocycles. The van der Waals surface area contributed by atoms with Gasteiger partial charge in [0.1, 0.15) is 5.92 Å². The molecule has 0 bridgehead atoms. The van der Waals surface area contributed by atoms with E-state index in [1.807, 2.05) is 44.2 Å². The topological polar surface area (TPSA) is 59.9 Å². The predicted octanol–water partition coefficient (Wildman–Crippen LogP) is 4.23. The molecular formula is C20H22N2O3. The first kappa shape index (κ1) is 17.0. The first-order valence-corrected chi connectivity index (χ1v) is 8.28. The van der Waals surface area contributed by atoms with Crippen molar-refractivity contribution in [2.75, 3.05) is 19.5 Å². The SMILES string of the molecule is CCC(=Nc1ccc(C)cc1)C1C(=O)Nc2cc(OC)c(OC)cc21. The lowest BCUT2D eigenvalue weighted by Gasteiger charge is -2.14. The Morgan fingerprint density at radius 1 is 1.12 bits per heavy atom. The number of nitrogens with one attached hydrogen (secondary N) is 1. The highest BCUT2D eigenvalue weighted by Crippen LogP contribution is 2.42. The van der Waals surface area contributed by atoms with E-state index in [0.29, 0.717) is 17.9 Å². The molecular weight excluding hydrogens is 316 g/mol. The molecule has 130 valence electrons.